The van der Waals surface area contributed by atoms with Crippen LogP contribution < -0.4 is 0 Å². The Hall–Kier alpha value is -1.23. The minimum absolute atomic E-state index is 0.0343. The Kier molecular flexibility index (Phi) is 11.5. The lowest BCUT2D eigenvalue weighted by atomic mass is 9.96. The average Bonchev–Trinajstić information content (AvgIpc) is 3.00. The first-order chi connectivity index (χ1) is 17.7. The third-order valence-electron chi connectivity index (χ3n) is 9.02. The summed E-state index contributed by atoms with van der Waals surface area (Å²) >= 11 is 0. The molecule has 0 aliphatic heterocycles. The summed E-state index contributed by atoms with van der Waals surface area (Å²) < 4.78 is 25.1. The maximum atomic E-state index is 11.9. The second-order valence-corrected chi connectivity index (χ2v) is 24.2. The largest absolute Gasteiger partial charge is 0.462 e. The van der Waals surface area contributed by atoms with Crippen molar-refractivity contribution in [3.63, 3.8) is 0 Å². The molecule has 6 nitrogen and oxygen atoms in total. The molecule has 39 heavy (non-hydrogen) atoms. The van der Waals surface area contributed by atoms with E-state index < -0.39 is 16.6 Å². The standard InChI is InChI=1S/C31H56O6Si2/c1-22(32)34-28-18-24(13-15-26(20-28)36-38(9,10)30(3,4)5)17-25-14-16-27(21-29(19-25)35-23(2)33)37-39(11,12)31(6,7)8/h13-14,26-29H,15-21H2,1-12H3/t26-,27+,28+,29-. The van der Waals surface area contributed by atoms with Gasteiger partial charge in [0.25, 0.3) is 0 Å². The van der Waals surface area contributed by atoms with E-state index in [9.17, 15) is 9.59 Å². The van der Waals surface area contributed by atoms with E-state index in [1.54, 1.807) is 0 Å². The molecule has 8 heteroatoms. The van der Waals surface area contributed by atoms with Gasteiger partial charge in [0, 0.05) is 39.5 Å². The highest BCUT2D eigenvalue weighted by Gasteiger charge is 2.41. The fraction of sp³-hybridized carbons (Fsp3) is 0.806. The van der Waals surface area contributed by atoms with Crippen molar-refractivity contribution < 1.29 is 27.9 Å². The van der Waals surface area contributed by atoms with Crippen molar-refractivity contribution in [3.8, 4) is 0 Å². The van der Waals surface area contributed by atoms with E-state index in [0.717, 1.165) is 19.3 Å². The Morgan fingerprint density at radius 3 is 1.31 bits per heavy atom. The van der Waals surface area contributed by atoms with Gasteiger partial charge in [0.1, 0.15) is 12.2 Å². The summed E-state index contributed by atoms with van der Waals surface area (Å²) in [6, 6.07) is 0. The monoisotopic (exact) mass is 580 g/mol. The third-order valence-corrected chi connectivity index (χ3v) is 18.1. The van der Waals surface area contributed by atoms with Crippen molar-refractivity contribution in [2.45, 2.75) is 161 Å². The highest BCUT2D eigenvalue weighted by molar-refractivity contribution is 6.74. The van der Waals surface area contributed by atoms with Gasteiger partial charge < -0.3 is 18.3 Å². The number of hydrogen-bond acceptors (Lipinski definition) is 6. The fourth-order valence-corrected chi connectivity index (χ4v) is 7.66. The summed E-state index contributed by atoms with van der Waals surface area (Å²) in [5.41, 5.74) is 2.53. The Morgan fingerprint density at radius 1 is 0.692 bits per heavy atom. The van der Waals surface area contributed by atoms with E-state index in [2.05, 4.69) is 79.9 Å². The van der Waals surface area contributed by atoms with Crippen molar-refractivity contribution in [3.05, 3.63) is 23.3 Å². The van der Waals surface area contributed by atoms with Crippen LogP contribution in [0.5, 0.6) is 0 Å². The zero-order chi connectivity index (χ0) is 29.8. The Morgan fingerprint density at radius 2 is 1.03 bits per heavy atom. The molecule has 0 saturated carbocycles. The number of ether oxygens (including phenoxy) is 2. The van der Waals surface area contributed by atoms with Crippen LogP contribution in [-0.2, 0) is 27.9 Å². The Balaban J connectivity index is 2.25. The molecule has 0 heterocycles. The molecule has 2 aliphatic rings. The summed E-state index contributed by atoms with van der Waals surface area (Å²) in [5.74, 6) is -0.497. The lowest BCUT2D eigenvalue weighted by molar-refractivity contribution is -0.148. The molecule has 224 valence electrons. The van der Waals surface area contributed by atoms with Gasteiger partial charge in [0.05, 0.1) is 12.2 Å². The van der Waals surface area contributed by atoms with Crippen LogP contribution in [0.2, 0.25) is 36.3 Å². The summed E-state index contributed by atoms with van der Waals surface area (Å²) in [7, 11) is -3.92. The van der Waals surface area contributed by atoms with E-state index in [1.165, 1.54) is 25.0 Å². The fourth-order valence-electron chi connectivity index (χ4n) is 4.90. The second kappa shape index (κ2) is 13.2. The van der Waals surface area contributed by atoms with Crippen molar-refractivity contribution in [2.24, 2.45) is 0 Å². The van der Waals surface area contributed by atoms with Gasteiger partial charge in [-0.25, -0.2) is 0 Å². The first-order valence-electron chi connectivity index (χ1n) is 14.7. The van der Waals surface area contributed by atoms with Gasteiger partial charge in [-0.1, -0.05) is 64.8 Å². The lowest BCUT2D eigenvalue weighted by Gasteiger charge is -2.39. The van der Waals surface area contributed by atoms with Crippen LogP contribution in [0.1, 0.15) is 100 Å². The molecule has 0 unspecified atom stereocenters. The van der Waals surface area contributed by atoms with Crippen LogP contribution >= 0.6 is 0 Å². The van der Waals surface area contributed by atoms with Crippen molar-refractivity contribution >= 4 is 28.6 Å². The molecule has 2 rings (SSSR count). The zero-order valence-corrected chi connectivity index (χ0v) is 28.9. The molecular formula is C31H56O6Si2. The van der Waals surface area contributed by atoms with Crippen LogP contribution in [0.3, 0.4) is 0 Å². The van der Waals surface area contributed by atoms with E-state index in [4.69, 9.17) is 18.3 Å². The summed E-state index contributed by atoms with van der Waals surface area (Å²) in [6.45, 7) is 25.6. The first kappa shape index (κ1) is 34.0. The van der Waals surface area contributed by atoms with Gasteiger partial charge in [-0.05, 0) is 55.5 Å². The second-order valence-electron chi connectivity index (χ2n) is 14.7. The average molecular weight is 581 g/mol. The van der Waals surface area contributed by atoms with Crippen LogP contribution in [-0.4, -0.2) is 53.0 Å². The zero-order valence-electron chi connectivity index (χ0n) is 26.9. The van der Waals surface area contributed by atoms with E-state index >= 15 is 0 Å². The molecule has 0 bridgehead atoms. The topological polar surface area (TPSA) is 71.1 Å². The predicted molar refractivity (Wildman–Crippen MR) is 164 cm³/mol. The molecule has 0 N–H and O–H groups in total. The maximum absolute atomic E-state index is 11.9. The van der Waals surface area contributed by atoms with Crippen LogP contribution in [0.25, 0.3) is 0 Å². The Labute approximate surface area is 240 Å². The first-order valence-corrected chi connectivity index (χ1v) is 20.6. The molecule has 0 radical (unpaired) electrons. The van der Waals surface area contributed by atoms with Crippen LogP contribution in [0.15, 0.2) is 23.3 Å². The van der Waals surface area contributed by atoms with Crippen LogP contribution in [0.4, 0.5) is 0 Å². The molecule has 0 aromatic carbocycles. The predicted octanol–water partition coefficient (Wildman–Crippen LogP) is 8.24. The van der Waals surface area contributed by atoms with E-state index in [-0.39, 0.29) is 46.4 Å². The van der Waals surface area contributed by atoms with Gasteiger partial charge >= 0.3 is 11.9 Å². The number of rotatable bonds is 8. The lowest BCUT2D eigenvalue weighted by Crippen LogP contribution is -2.44. The number of esters is 2. The SMILES string of the molecule is CC(=O)O[C@@H]1CC(CC2=CC[C@@H](O[Si](C)(C)C(C)(C)C)C[C@@H](OC(C)=O)C2)=CC[C@H](O[Si](C)(C)C(C)(C)C)C1. The van der Waals surface area contributed by atoms with Gasteiger partial charge in [-0.15, -0.1) is 0 Å². The molecular weight excluding hydrogens is 525 g/mol. The normalized spacial score (nSPS) is 25.6. The van der Waals surface area contributed by atoms with Gasteiger partial charge in [-0.3, -0.25) is 9.59 Å². The van der Waals surface area contributed by atoms with Crippen molar-refractivity contribution in [2.75, 3.05) is 0 Å². The summed E-state index contributed by atoms with van der Waals surface area (Å²) in [4.78, 5) is 23.9. The third kappa shape index (κ3) is 10.6. The molecule has 0 spiro atoms. The highest BCUT2D eigenvalue weighted by atomic mass is 28.4. The number of carbonyl (C=O) groups excluding carboxylic acids is 2. The minimum Gasteiger partial charge on any atom is -0.462 e. The molecule has 0 aromatic heterocycles. The smallest absolute Gasteiger partial charge is 0.302 e. The minimum atomic E-state index is -1.96. The molecule has 4 atom stereocenters. The number of carbonyl (C=O) groups is 2. The molecule has 0 aromatic rings. The van der Waals surface area contributed by atoms with Crippen molar-refractivity contribution in [1.82, 2.24) is 0 Å². The van der Waals surface area contributed by atoms with Crippen LogP contribution in [0, 0.1) is 0 Å². The molecule has 0 fully saturated rings. The van der Waals surface area contributed by atoms with E-state index in [1.807, 2.05) is 0 Å². The van der Waals surface area contributed by atoms with E-state index in [0.29, 0.717) is 25.7 Å². The van der Waals surface area contributed by atoms with Crippen molar-refractivity contribution in [1.29, 1.82) is 0 Å². The van der Waals surface area contributed by atoms with Gasteiger partial charge in [-0.2, -0.15) is 0 Å². The maximum Gasteiger partial charge on any atom is 0.302 e. The number of hydrogen-bond donors (Lipinski definition) is 0. The van der Waals surface area contributed by atoms with Gasteiger partial charge in [0.15, 0.2) is 16.6 Å². The highest BCUT2D eigenvalue weighted by Crippen LogP contribution is 2.41. The molecule has 0 saturated heterocycles. The van der Waals surface area contributed by atoms with Gasteiger partial charge in [0.2, 0.25) is 0 Å². The molecule has 2 aliphatic carbocycles. The molecule has 0 amide bonds. The summed E-state index contributed by atoms with van der Waals surface area (Å²) in [6.07, 6.45) is 9.53. The Bertz CT molecular complexity index is 848. The summed E-state index contributed by atoms with van der Waals surface area (Å²) in [5, 5.41) is 0.228. The quantitative estimate of drug-likeness (QED) is 0.164.